The number of amides is 1. The van der Waals surface area contributed by atoms with Crippen LogP contribution in [0.4, 0.5) is 5.69 Å². The third-order valence-corrected chi connectivity index (χ3v) is 5.03. The summed E-state index contributed by atoms with van der Waals surface area (Å²) in [6, 6.07) is 6.62. The summed E-state index contributed by atoms with van der Waals surface area (Å²) in [5, 5.41) is 3.35. The van der Waals surface area contributed by atoms with Crippen LogP contribution < -0.4 is 5.32 Å². The Morgan fingerprint density at radius 2 is 2.10 bits per heavy atom. The van der Waals surface area contributed by atoms with Crippen LogP contribution in [0.5, 0.6) is 0 Å². The summed E-state index contributed by atoms with van der Waals surface area (Å²) >= 11 is 0. The van der Waals surface area contributed by atoms with Crippen LogP contribution in [0.25, 0.3) is 0 Å². The maximum atomic E-state index is 13.0. The highest BCUT2D eigenvalue weighted by atomic mass is 16.2. The Labute approximate surface area is 127 Å². The van der Waals surface area contributed by atoms with Crippen LogP contribution >= 0.6 is 0 Å². The summed E-state index contributed by atoms with van der Waals surface area (Å²) in [5.41, 5.74) is 3.03. The maximum absolute atomic E-state index is 13.0. The van der Waals surface area contributed by atoms with Crippen molar-refractivity contribution in [3.05, 3.63) is 29.3 Å². The third kappa shape index (κ3) is 2.78. The quantitative estimate of drug-likeness (QED) is 0.916. The zero-order valence-electron chi connectivity index (χ0n) is 13.2. The van der Waals surface area contributed by atoms with E-state index in [1.165, 1.54) is 31.2 Å². The fraction of sp³-hybridized carbons (Fsp3) is 0.611. The minimum Gasteiger partial charge on any atom is -0.385 e. The molecule has 2 fully saturated rings. The van der Waals surface area contributed by atoms with E-state index < -0.39 is 0 Å². The molecule has 0 spiro atoms. The predicted molar refractivity (Wildman–Crippen MR) is 86.7 cm³/mol. The molecule has 114 valence electrons. The lowest BCUT2D eigenvalue weighted by molar-refractivity contribution is 0.0549. The third-order valence-electron chi connectivity index (χ3n) is 5.03. The topological polar surface area (TPSA) is 32.3 Å². The predicted octanol–water partition coefficient (Wildman–Crippen LogP) is 3.83. The first-order valence-corrected chi connectivity index (χ1v) is 8.36. The number of nitrogens with zero attached hydrogens (tertiary/aromatic N) is 1. The van der Waals surface area contributed by atoms with Gasteiger partial charge in [0.05, 0.1) is 5.56 Å². The summed E-state index contributed by atoms with van der Waals surface area (Å²) in [6.07, 6.45) is 6.26. The van der Waals surface area contributed by atoms with Crippen LogP contribution in [0, 0.1) is 12.8 Å². The monoisotopic (exact) mass is 286 g/mol. The zero-order chi connectivity index (χ0) is 14.8. The number of hydrogen-bond acceptors (Lipinski definition) is 2. The standard InChI is InChI=1S/C18H26N2O/c1-3-19-16-12-13(2)9-10-15(16)18(21)20-11-5-7-14-6-4-8-17(14)20/h9-10,12,14,17,19H,3-8,11H2,1-2H3. The molecule has 0 radical (unpaired) electrons. The van der Waals surface area contributed by atoms with Crippen molar-refractivity contribution in [1.82, 2.24) is 4.90 Å². The number of nitrogens with one attached hydrogen (secondary N) is 1. The second-order valence-corrected chi connectivity index (χ2v) is 6.48. The molecule has 1 N–H and O–H groups in total. The van der Waals surface area contributed by atoms with Gasteiger partial charge in [-0.05, 0) is 63.1 Å². The molecule has 0 bridgehead atoms. The van der Waals surface area contributed by atoms with E-state index in [0.717, 1.165) is 36.7 Å². The first kappa shape index (κ1) is 14.4. The molecule has 3 rings (SSSR count). The van der Waals surface area contributed by atoms with Gasteiger partial charge in [0, 0.05) is 24.8 Å². The maximum Gasteiger partial charge on any atom is 0.256 e. The number of aryl methyl sites for hydroxylation is 1. The van der Waals surface area contributed by atoms with Gasteiger partial charge < -0.3 is 10.2 Å². The number of likely N-dealkylation sites (tertiary alicyclic amines) is 1. The van der Waals surface area contributed by atoms with Gasteiger partial charge in [-0.1, -0.05) is 12.5 Å². The van der Waals surface area contributed by atoms with E-state index in [0.29, 0.717) is 6.04 Å². The van der Waals surface area contributed by atoms with E-state index in [1.807, 2.05) is 12.1 Å². The van der Waals surface area contributed by atoms with Gasteiger partial charge in [-0.25, -0.2) is 0 Å². The fourth-order valence-electron chi connectivity index (χ4n) is 4.04. The molecule has 0 aromatic heterocycles. The Morgan fingerprint density at radius 3 is 2.90 bits per heavy atom. The number of fused-ring (bicyclic) bond motifs is 1. The van der Waals surface area contributed by atoms with Crippen LogP contribution in [-0.2, 0) is 0 Å². The Bertz CT molecular complexity index is 526. The average Bonchev–Trinajstić information content (AvgIpc) is 2.95. The van der Waals surface area contributed by atoms with E-state index >= 15 is 0 Å². The van der Waals surface area contributed by atoms with Gasteiger partial charge in [0.2, 0.25) is 0 Å². The number of carbonyl (C=O) groups excluding carboxylic acids is 1. The summed E-state index contributed by atoms with van der Waals surface area (Å²) < 4.78 is 0. The summed E-state index contributed by atoms with van der Waals surface area (Å²) in [5.74, 6) is 0.971. The molecular weight excluding hydrogens is 260 g/mol. The highest BCUT2D eigenvalue weighted by molar-refractivity contribution is 6.00. The number of benzene rings is 1. The van der Waals surface area contributed by atoms with Crippen LogP contribution in [0.15, 0.2) is 18.2 Å². The zero-order valence-corrected chi connectivity index (χ0v) is 13.2. The molecule has 2 aliphatic rings. The molecule has 21 heavy (non-hydrogen) atoms. The number of hydrogen-bond donors (Lipinski definition) is 1. The molecule has 1 saturated carbocycles. The van der Waals surface area contributed by atoms with E-state index in [2.05, 4.69) is 30.1 Å². The lowest BCUT2D eigenvalue weighted by Gasteiger charge is -2.38. The van der Waals surface area contributed by atoms with Crippen LogP contribution in [-0.4, -0.2) is 29.9 Å². The van der Waals surface area contributed by atoms with E-state index in [-0.39, 0.29) is 5.91 Å². The summed E-state index contributed by atoms with van der Waals surface area (Å²) in [7, 11) is 0. The van der Waals surface area contributed by atoms with Crippen LogP contribution in [0.3, 0.4) is 0 Å². The van der Waals surface area contributed by atoms with Gasteiger partial charge in [0.1, 0.15) is 0 Å². The van der Waals surface area contributed by atoms with Crippen molar-refractivity contribution in [2.24, 2.45) is 5.92 Å². The van der Waals surface area contributed by atoms with E-state index in [4.69, 9.17) is 0 Å². The molecule has 1 aliphatic heterocycles. The Kier molecular flexibility index (Phi) is 4.18. The molecule has 2 unspecified atom stereocenters. The van der Waals surface area contributed by atoms with Gasteiger partial charge in [-0.15, -0.1) is 0 Å². The van der Waals surface area contributed by atoms with Crippen molar-refractivity contribution < 1.29 is 4.79 Å². The second-order valence-electron chi connectivity index (χ2n) is 6.48. The van der Waals surface area contributed by atoms with Gasteiger partial charge in [-0.2, -0.15) is 0 Å². The second kappa shape index (κ2) is 6.08. The molecule has 1 saturated heterocycles. The number of anilines is 1. The summed E-state index contributed by atoms with van der Waals surface area (Å²) in [4.78, 5) is 15.2. The van der Waals surface area contributed by atoms with Gasteiger partial charge in [0.15, 0.2) is 0 Å². The van der Waals surface area contributed by atoms with Crippen LogP contribution in [0.1, 0.15) is 54.9 Å². The van der Waals surface area contributed by atoms with Crippen molar-refractivity contribution in [1.29, 1.82) is 0 Å². The Morgan fingerprint density at radius 1 is 1.29 bits per heavy atom. The number of rotatable bonds is 3. The molecule has 1 aromatic rings. The first-order valence-electron chi connectivity index (χ1n) is 8.36. The SMILES string of the molecule is CCNc1cc(C)ccc1C(=O)N1CCCC2CCCC21. The molecule has 3 heteroatoms. The first-order chi connectivity index (χ1) is 10.2. The highest BCUT2D eigenvalue weighted by Crippen LogP contribution is 2.37. The molecule has 2 atom stereocenters. The smallest absolute Gasteiger partial charge is 0.256 e. The van der Waals surface area contributed by atoms with Crippen molar-refractivity contribution in [3.8, 4) is 0 Å². The van der Waals surface area contributed by atoms with E-state index in [1.54, 1.807) is 0 Å². The number of carbonyl (C=O) groups is 1. The van der Waals surface area contributed by atoms with Gasteiger partial charge in [0.25, 0.3) is 5.91 Å². The largest absolute Gasteiger partial charge is 0.385 e. The molecule has 1 amide bonds. The van der Waals surface area contributed by atoms with Crippen LogP contribution in [0.2, 0.25) is 0 Å². The Balaban J connectivity index is 1.87. The normalized spacial score (nSPS) is 24.8. The van der Waals surface area contributed by atoms with Gasteiger partial charge in [-0.3, -0.25) is 4.79 Å². The Hall–Kier alpha value is -1.51. The molecule has 1 heterocycles. The molecule has 1 aromatic carbocycles. The highest BCUT2D eigenvalue weighted by Gasteiger charge is 2.37. The van der Waals surface area contributed by atoms with Crippen molar-refractivity contribution >= 4 is 11.6 Å². The summed E-state index contributed by atoms with van der Waals surface area (Å²) in [6.45, 7) is 5.92. The fourth-order valence-corrected chi connectivity index (χ4v) is 4.04. The minimum atomic E-state index is 0.225. The lowest BCUT2D eigenvalue weighted by atomic mass is 9.91. The lowest BCUT2D eigenvalue weighted by Crippen LogP contribution is -2.46. The van der Waals surface area contributed by atoms with Crippen molar-refractivity contribution in [2.45, 2.75) is 52.0 Å². The van der Waals surface area contributed by atoms with Gasteiger partial charge >= 0.3 is 0 Å². The van der Waals surface area contributed by atoms with Crippen molar-refractivity contribution in [3.63, 3.8) is 0 Å². The number of piperidine rings is 1. The average molecular weight is 286 g/mol. The van der Waals surface area contributed by atoms with E-state index in [9.17, 15) is 4.79 Å². The molecule has 1 aliphatic carbocycles. The molecular formula is C18H26N2O. The minimum absolute atomic E-state index is 0.225. The van der Waals surface area contributed by atoms with Crippen molar-refractivity contribution in [2.75, 3.05) is 18.4 Å². The molecule has 3 nitrogen and oxygen atoms in total.